The molecule has 0 spiro atoms. The Kier molecular flexibility index (Phi) is 6.70. The van der Waals surface area contributed by atoms with Crippen molar-refractivity contribution < 1.29 is 14.7 Å². The highest BCUT2D eigenvalue weighted by Crippen LogP contribution is 1.90. The highest BCUT2D eigenvalue weighted by atomic mass is 16.3. The minimum atomic E-state index is -0.684. The Hall–Kier alpha value is -1.10. The Morgan fingerprint density at radius 2 is 1.67 bits per heavy atom. The standard InChI is InChI=1S/C10H20N2O3/c1-4-7(3)11-9(14)10(15)12-8(5-2)6-13/h7-8,13H,4-6H2,1-3H3,(H,11,14)(H,12,15)/t7-,8-/m0/s1. The van der Waals surface area contributed by atoms with Gasteiger partial charge < -0.3 is 15.7 Å². The van der Waals surface area contributed by atoms with Crippen LogP contribution in [0.15, 0.2) is 0 Å². The maximum absolute atomic E-state index is 11.3. The van der Waals surface area contributed by atoms with E-state index >= 15 is 0 Å². The van der Waals surface area contributed by atoms with E-state index in [1.54, 1.807) is 0 Å². The van der Waals surface area contributed by atoms with Crippen LogP contribution in [0.25, 0.3) is 0 Å². The van der Waals surface area contributed by atoms with Crippen molar-refractivity contribution in [2.45, 2.75) is 45.7 Å². The fourth-order valence-electron chi connectivity index (χ4n) is 0.919. The first-order valence-corrected chi connectivity index (χ1v) is 5.27. The van der Waals surface area contributed by atoms with Crippen LogP contribution >= 0.6 is 0 Å². The van der Waals surface area contributed by atoms with Gasteiger partial charge in [-0.05, 0) is 19.8 Å². The van der Waals surface area contributed by atoms with Crippen LogP contribution in [0.1, 0.15) is 33.6 Å². The van der Waals surface area contributed by atoms with Gasteiger partial charge in [0.25, 0.3) is 0 Å². The van der Waals surface area contributed by atoms with Gasteiger partial charge in [0.2, 0.25) is 0 Å². The molecule has 0 heterocycles. The van der Waals surface area contributed by atoms with E-state index in [1.165, 1.54) is 0 Å². The predicted molar refractivity (Wildman–Crippen MR) is 57.2 cm³/mol. The number of hydrogen-bond acceptors (Lipinski definition) is 3. The second kappa shape index (κ2) is 7.23. The zero-order chi connectivity index (χ0) is 11.8. The van der Waals surface area contributed by atoms with Crippen molar-refractivity contribution in [3.63, 3.8) is 0 Å². The number of carbonyl (C=O) groups excluding carboxylic acids is 2. The quantitative estimate of drug-likeness (QED) is 0.556. The molecule has 3 N–H and O–H groups in total. The summed E-state index contributed by atoms with van der Waals surface area (Å²) in [6.07, 6.45) is 1.37. The SMILES string of the molecule is CC[C@@H](CO)NC(=O)C(=O)N[C@@H](C)CC. The average molecular weight is 216 g/mol. The molecule has 88 valence electrons. The molecular weight excluding hydrogens is 196 g/mol. The molecule has 0 saturated carbocycles. The molecule has 0 aliphatic rings. The van der Waals surface area contributed by atoms with Crippen molar-refractivity contribution in [1.29, 1.82) is 0 Å². The minimum Gasteiger partial charge on any atom is -0.394 e. The van der Waals surface area contributed by atoms with Crippen LogP contribution in [0, 0.1) is 0 Å². The molecule has 2 atom stereocenters. The van der Waals surface area contributed by atoms with Crippen LogP contribution < -0.4 is 10.6 Å². The van der Waals surface area contributed by atoms with Gasteiger partial charge in [-0.1, -0.05) is 13.8 Å². The molecule has 0 aromatic heterocycles. The summed E-state index contributed by atoms with van der Waals surface area (Å²) in [5, 5.41) is 13.8. The summed E-state index contributed by atoms with van der Waals surface area (Å²) in [5.74, 6) is -1.33. The maximum atomic E-state index is 11.3. The lowest BCUT2D eigenvalue weighted by atomic mass is 10.2. The summed E-state index contributed by atoms with van der Waals surface area (Å²) in [6, 6.07) is -0.363. The summed E-state index contributed by atoms with van der Waals surface area (Å²) < 4.78 is 0. The average Bonchev–Trinajstić information content (AvgIpc) is 2.24. The van der Waals surface area contributed by atoms with E-state index in [1.807, 2.05) is 20.8 Å². The van der Waals surface area contributed by atoms with Gasteiger partial charge in [0, 0.05) is 6.04 Å². The molecule has 0 unspecified atom stereocenters. The molecule has 0 aliphatic carbocycles. The summed E-state index contributed by atoms with van der Waals surface area (Å²) >= 11 is 0. The first-order chi connectivity index (χ1) is 7.04. The largest absolute Gasteiger partial charge is 0.394 e. The second-order valence-electron chi connectivity index (χ2n) is 3.54. The Bertz CT molecular complexity index is 215. The number of amides is 2. The number of aliphatic hydroxyl groups is 1. The lowest BCUT2D eigenvalue weighted by Crippen LogP contribution is -2.47. The highest BCUT2D eigenvalue weighted by Gasteiger charge is 2.17. The zero-order valence-corrected chi connectivity index (χ0v) is 9.54. The third-order valence-corrected chi connectivity index (χ3v) is 2.24. The molecule has 0 aromatic rings. The summed E-state index contributed by atoms with van der Waals surface area (Å²) in [7, 11) is 0. The Balaban J connectivity index is 4.04. The molecule has 0 aliphatic heterocycles. The van der Waals surface area contributed by atoms with Crippen LogP contribution in [0.4, 0.5) is 0 Å². The second-order valence-corrected chi connectivity index (χ2v) is 3.54. The van der Waals surface area contributed by atoms with Gasteiger partial charge in [-0.3, -0.25) is 9.59 Å². The molecule has 0 radical (unpaired) electrons. The minimum absolute atomic E-state index is 0.0162. The van der Waals surface area contributed by atoms with Crippen LogP contribution in [-0.4, -0.2) is 35.6 Å². The van der Waals surface area contributed by atoms with Gasteiger partial charge >= 0.3 is 11.8 Å². The lowest BCUT2D eigenvalue weighted by molar-refractivity contribution is -0.140. The molecule has 5 nitrogen and oxygen atoms in total. The van der Waals surface area contributed by atoms with Crippen molar-refractivity contribution in [2.75, 3.05) is 6.61 Å². The van der Waals surface area contributed by atoms with Gasteiger partial charge in [-0.15, -0.1) is 0 Å². The van der Waals surface area contributed by atoms with E-state index < -0.39 is 11.8 Å². The highest BCUT2D eigenvalue weighted by molar-refractivity contribution is 6.35. The van der Waals surface area contributed by atoms with Gasteiger partial charge in [-0.25, -0.2) is 0 Å². The summed E-state index contributed by atoms with van der Waals surface area (Å²) in [5.41, 5.74) is 0. The molecule has 0 aromatic carbocycles. The lowest BCUT2D eigenvalue weighted by Gasteiger charge is -2.15. The van der Waals surface area contributed by atoms with Crippen molar-refractivity contribution in [3.05, 3.63) is 0 Å². The van der Waals surface area contributed by atoms with Gasteiger partial charge in [0.15, 0.2) is 0 Å². The first kappa shape index (κ1) is 13.9. The molecule has 15 heavy (non-hydrogen) atoms. The monoisotopic (exact) mass is 216 g/mol. The Morgan fingerprint density at radius 1 is 1.13 bits per heavy atom. The molecule has 0 bridgehead atoms. The van der Waals surface area contributed by atoms with E-state index in [2.05, 4.69) is 10.6 Å². The van der Waals surface area contributed by atoms with Crippen LogP contribution in [0.2, 0.25) is 0 Å². The fourth-order valence-corrected chi connectivity index (χ4v) is 0.919. The maximum Gasteiger partial charge on any atom is 0.309 e. The van der Waals surface area contributed by atoms with Gasteiger partial charge in [-0.2, -0.15) is 0 Å². The molecular formula is C10H20N2O3. The summed E-state index contributed by atoms with van der Waals surface area (Å²) in [4.78, 5) is 22.6. The van der Waals surface area contributed by atoms with Crippen LogP contribution in [-0.2, 0) is 9.59 Å². The van der Waals surface area contributed by atoms with Crippen LogP contribution in [0.3, 0.4) is 0 Å². The van der Waals surface area contributed by atoms with E-state index in [-0.39, 0.29) is 18.7 Å². The van der Waals surface area contributed by atoms with E-state index in [0.29, 0.717) is 6.42 Å². The third kappa shape index (κ3) is 5.37. The van der Waals surface area contributed by atoms with Crippen molar-refractivity contribution in [2.24, 2.45) is 0 Å². The summed E-state index contributed by atoms with van der Waals surface area (Å²) in [6.45, 7) is 5.42. The topological polar surface area (TPSA) is 78.4 Å². The number of aliphatic hydroxyl groups excluding tert-OH is 1. The molecule has 0 saturated heterocycles. The Morgan fingerprint density at radius 3 is 2.07 bits per heavy atom. The number of nitrogens with one attached hydrogen (secondary N) is 2. The first-order valence-electron chi connectivity index (χ1n) is 5.27. The fraction of sp³-hybridized carbons (Fsp3) is 0.800. The van der Waals surface area contributed by atoms with Gasteiger partial charge in [0.05, 0.1) is 12.6 Å². The normalized spacial score (nSPS) is 14.1. The van der Waals surface area contributed by atoms with Crippen molar-refractivity contribution >= 4 is 11.8 Å². The third-order valence-electron chi connectivity index (χ3n) is 2.24. The van der Waals surface area contributed by atoms with E-state index in [9.17, 15) is 9.59 Å². The van der Waals surface area contributed by atoms with Crippen LogP contribution in [0.5, 0.6) is 0 Å². The number of rotatable bonds is 5. The smallest absolute Gasteiger partial charge is 0.309 e. The number of hydrogen-bond donors (Lipinski definition) is 3. The predicted octanol–water partition coefficient (Wildman–Crippen LogP) is -0.212. The van der Waals surface area contributed by atoms with Crippen molar-refractivity contribution in [1.82, 2.24) is 10.6 Å². The molecule has 0 fully saturated rings. The molecule has 5 heteroatoms. The van der Waals surface area contributed by atoms with E-state index in [4.69, 9.17) is 5.11 Å². The zero-order valence-electron chi connectivity index (χ0n) is 9.54. The number of carbonyl (C=O) groups is 2. The molecule has 2 amide bonds. The van der Waals surface area contributed by atoms with E-state index in [0.717, 1.165) is 6.42 Å². The van der Waals surface area contributed by atoms with Crippen molar-refractivity contribution in [3.8, 4) is 0 Å². The van der Waals surface area contributed by atoms with Gasteiger partial charge in [0.1, 0.15) is 0 Å². The molecule has 0 rings (SSSR count). The Labute approximate surface area is 90.2 Å².